The van der Waals surface area contributed by atoms with Crippen LogP contribution in [0.4, 0.5) is 5.95 Å². The minimum absolute atomic E-state index is 0.244. The zero-order chi connectivity index (χ0) is 21.4. The van der Waals surface area contributed by atoms with Crippen LogP contribution in [0.1, 0.15) is 11.3 Å². The minimum atomic E-state index is -3.65. The Balaban J connectivity index is 1.35. The van der Waals surface area contributed by atoms with Gasteiger partial charge in [-0.15, -0.1) is 0 Å². The van der Waals surface area contributed by atoms with Crippen molar-refractivity contribution in [2.75, 3.05) is 31.2 Å². The molecule has 0 saturated carbocycles. The smallest absolute Gasteiger partial charge is 0.243 e. The Kier molecular flexibility index (Phi) is 5.39. The third kappa shape index (κ3) is 4.04. The summed E-state index contributed by atoms with van der Waals surface area (Å²) in [5.74, 6) is 0.632. The van der Waals surface area contributed by atoms with Gasteiger partial charge in [-0.25, -0.2) is 18.4 Å². The number of sulfonamides is 1. The first kappa shape index (κ1) is 20.4. The number of hydrogen-bond acceptors (Lipinski definition) is 6. The fraction of sp³-hybridized carbons (Fsp3) is 0.273. The number of halogens is 1. The van der Waals surface area contributed by atoms with Crippen molar-refractivity contribution in [3.8, 4) is 11.1 Å². The second-order valence-electron chi connectivity index (χ2n) is 7.55. The Morgan fingerprint density at radius 3 is 2.48 bits per heavy atom. The zero-order valence-corrected chi connectivity index (χ0v) is 18.3. The van der Waals surface area contributed by atoms with Crippen LogP contribution >= 0.6 is 11.6 Å². The summed E-state index contributed by atoms with van der Waals surface area (Å²) in [5, 5.41) is 0.640. The predicted octanol–water partition coefficient (Wildman–Crippen LogP) is 3.34. The molecule has 0 aliphatic carbocycles. The summed E-state index contributed by atoms with van der Waals surface area (Å²) in [6.07, 6.45) is 1.74. The third-order valence-corrected chi connectivity index (χ3v) is 7.60. The molecule has 1 fully saturated rings. The molecular formula is C22H21ClN4O3S. The molecule has 3 aromatic rings. The SMILES string of the molecule is O=S(=O)(c1ccc(-c2cccc(Cl)c2)cc1)N1Cc2cnc(N3CCOCC3)nc2C1. The lowest BCUT2D eigenvalue weighted by atomic mass is 10.1. The van der Waals surface area contributed by atoms with Crippen molar-refractivity contribution in [2.45, 2.75) is 18.0 Å². The van der Waals surface area contributed by atoms with Crippen LogP contribution in [0.2, 0.25) is 5.02 Å². The first-order valence-electron chi connectivity index (χ1n) is 10.0. The van der Waals surface area contributed by atoms with Gasteiger partial charge in [0.15, 0.2) is 0 Å². The van der Waals surface area contributed by atoms with Crippen LogP contribution in [0.5, 0.6) is 0 Å². The highest BCUT2D eigenvalue weighted by Crippen LogP contribution is 2.30. The number of morpholine rings is 1. The number of fused-ring (bicyclic) bond motifs is 1. The highest BCUT2D eigenvalue weighted by Gasteiger charge is 2.32. The molecule has 2 aliphatic rings. The highest BCUT2D eigenvalue weighted by molar-refractivity contribution is 7.89. The van der Waals surface area contributed by atoms with Gasteiger partial charge >= 0.3 is 0 Å². The summed E-state index contributed by atoms with van der Waals surface area (Å²) in [6, 6.07) is 14.4. The summed E-state index contributed by atoms with van der Waals surface area (Å²) in [6.45, 7) is 3.28. The van der Waals surface area contributed by atoms with E-state index < -0.39 is 10.0 Å². The number of nitrogens with zero attached hydrogens (tertiary/aromatic N) is 4. The normalized spacial score (nSPS) is 17.0. The molecule has 0 bridgehead atoms. The number of ether oxygens (including phenoxy) is 1. The number of aromatic nitrogens is 2. The van der Waals surface area contributed by atoms with E-state index in [1.165, 1.54) is 4.31 Å². The number of hydrogen-bond donors (Lipinski definition) is 0. The lowest BCUT2D eigenvalue weighted by Gasteiger charge is -2.26. The Bertz CT molecular complexity index is 1210. The average molecular weight is 457 g/mol. The van der Waals surface area contributed by atoms with Crippen LogP contribution < -0.4 is 4.90 Å². The molecule has 1 saturated heterocycles. The van der Waals surface area contributed by atoms with Crippen molar-refractivity contribution < 1.29 is 13.2 Å². The molecule has 9 heteroatoms. The lowest BCUT2D eigenvalue weighted by Crippen LogP contribution is -2.37. The Morgan fingerprint density at radius 2 is 1.74 bits per heavy atom. The summed E-state index contributed by atoms with van der Waals surface area (Å²) in [4.78, 5) is 11.4. The summed E-state index contributed by atoms with van der Waals surface area (Å²) >= 11 is 6.07. The van der Waals surface area contributed by atoms with Gasteiger partial charge in [0, 0.05) is 36.4 Å². The van der Waals surface area contributed by atoms with Crippen molar-refractivity contribution in [2.24, 2.45) is 0 Å². The maximum absolute atomic E-state index is 13.2. The molecule has 0 amide bonds. The molecule has 31 heavy (non-hydrogen) atoms. The van der Waals surface area contributed by atoms with Crippen molar-refractivity contribution in [1.29, 1.82) is 0 Å². The summed E-state index contributed by atoms with van der Waals surface area (Å²) in [7, 11) is -3.65. The average Bonchev–Trinajstić information content (AvgIpc) is 3.24. The maximum atomic E-state index is 13.2. The molecule has 1 aromatic heterocycles. The topological polar surface area (TPSA) is 75.6 Å². The van der Waals surface area contributed by atoms with Crippen molar-refractivity contribution in [3.63, 3.8) is 0 Å². The highest BCUT2D eigenvalue weighted by atomic mass is 35.5. The number of rotatable bonds is 4. The van der Waals surface area contributed by atoms with Gasteiger partial charge < -0.3 is 9.64 Å². The standard InChI is InChI=1S/C22H21ClN4O3S/c23-19-3-1-2-17(12-19)16-4-6-20(7-5-16)31(28,29)27-14-18-13-24-22(25-21(18)15-27)26-8-10-30-11-9-26/h1-7,12-13H,8-11,14-15H2. The van der Waals surface area contributed by atoms with Crippen molar-refractivity contribution in [1.82, 2.24) is 14.3 Å². The van der Waals surface area contributed by atoms with E-state index in [4.69, 9.17) is 16.3 Å². The molecular weight excluding hydrogens is 436 g/mol. The molecule has 5 rings (SSSR count). The molecule has 7 nitrogen and oxygen atoms in total. The van der Waals surface area contributed by atoms with Gasteiger partial charge in [0.25, 0.3) is 0 Å². The largest absolute Gasteiger partial charge is 0.378 e. The first-order valence-corrected chi connectivity index (χ1v) is 11.9. The monoisotopic (exact) mass is 456 g/mol. The lowest BCUT2D eigenvalue weighted by molar-refractivity contribution is 0.122. The van der Waals surface area contributed by atoms with Crippen LogP contribution in [-0.2, 0) is 27.8 Å². The fourth-order valence-corrected chi connectivity index (χ4v) is 5.41. The second kappa shape index (κ2) is 8.20. The Labute approximate surface area is 186 Å². The number of benzene rings is 2. The van der Waals surface area contributed by atoms with E-state index in [1.54, 1.807) is 30.5 Å². The predicted molar refractivity (Wildman–Crippen MR) is 118 cm³/mol. The van der Waals surface area contributed by atoms with E-state index in [0.717, 1.165) is 35.5 Å². The molecule has 0 spiro atoms. The van der Waals surface area contributed by atoms with Crippen LogP contribution in [-0.4, -0.2) is 49.0 Å². The quantitative estimate of drug-likeness (QED) is 0.599. The zero-order valence-electron chi connectivity index (χ0n) is 16.7. The second-order valence-corrected chi connectivity index (χ2v) is 9.92. The van der Waals surface area contributed by atoms with Gasteiger partial charge in [0.05, 0.1) is 30.3 Å². The Hall–Kier alpha value is -2.52. The van der Waals surface area contributed by atoms with Gasteiger partial charge in [-0.2, -0.15) is 4.31 Å². The van der Waals surface area contributed by atoms with E-state index >= 15 is 0 Å². The van der Waals surface area contributed by atoms with Gasteiger partial charge in [0.2, 0.25) is 16.0 Å². The van der Waals surface area contributed by atoms with Gasteiger partial charge in [-0.05, 0) is 35.4 Å². The van der Waals surface area contributed by atoms with Crippen LogP contribution in [0.25, 0.3) is 11.1 Å². The van der Waals surface area contributed by atoms with Crippen LogP contribution in [0, 0.1) is 0 Å². The molecule has 0 atom stereocenters. The van der Waals surface area contributed by atoms with Crippen LogP contribution in [0.15, 0.2) is 59.6 Å². The maximum Gasteiger partial charge on any atom is 0.243 e. The Morgan fingerprint density at radius 1 is 0.968 bits per heavy atom. The van der Waals surface area contributed by atoms with E-state index in [0.29, 0.717) is 24.2 Å². The summed E-state index contributed by atoms with van der Waals surface area (Å²) < 4.78 is 33.3. The van der Waals surface area contributed by atoms with E-state index in [-0.39, 0.29) is 18.0 Å². The van der Waals surface area contributed by atoms with Crippen molar-refractivity contribution >= 4 is 27.6 Å². The molecule has 2 aromatic carbocycles. The minimum Gasteiger partial charge on any atom is -0.378 e. The van der Waals surface area contributed by atoms with E-state index in [9.17, 15) is 8.42 Å². The van der Waals surface area contributed by atoms with E-state index in [1.807, 2.05) is 24.3 Å². The summed E-state index contributed by atoms with van der Waals surface area (Å²) in [5.41, 5.74) is 3.45. The van der Waals surface area contributed by atoms with E-state index in [2.05, 4.69) is 14.9 Å². The van der Waals surface area contributed by atoms with Gasteiger partial charge in [0.1, 0.15) is 0 Å². The van der Waals surface area contributed by atoms with Crippen LogP contribution in [0.3, 0.4) is 0 Å². The molecule has 0 unspecified atom stereocenters. The molecule has 3 heterocycles. The molecule has 2 aliphatic heterocycles. The fourth-order valence-electron chi connectivity index (χ4n) is 3.84. The van der Waals surface area contributed by atoms with Gasteiger partial charge in [-0.1, -0.05) is 35.9 Å². The third-order valence-electron chi connectivity index (χ3n) is 5.56. The first-order chi connectivity index (χ1) is 15.0. The van der Waals surface area contributed by atoms with Crippen molar-refractivity contribution in [3.05, 3.63) is 71.0 Å². The van der Waals surface area contributed by atoms with Gasteiger partial charge in [-0.3, -0.25) is 0 Å². The molecule has 0 radical (unpaired) electrons. The molecule has 0 N–H and O–H groups in total. The number of anilines is 1. The molecule has 160 valence electrons.